The van der Waals surface area contributed by atoms with Crippen molar-refractivity contribution in [2.45, 2.75) is 52.5 Å². The molecule has 0 unspecified atom stereocenters. The smallest absolute Gasteiger partial charge is 0.137 e. The van der Waals surface area contributed by atoms with Crippen molar-refractivity contribution < 1.29 is 4.39 Å². The molecular weight excluding hydrogens is 317 g/mol. The fraction of sp³-hybridized carbons (Fsp3) is 0.647. The van der Waals surface area contributed by atoms with Crippen molar-refractivity contribution in [2.24, 2.45) is 11.3 Å². The zero-order valence-corrected chi connectivity index (χ0v) is 14.1. The number of hydrogen-bond acceptors (Lipinski definition) is 1. The monoisotopic (exact) mass is 341 g/mol. The molecule has 0 amide bonds. The molecular formula is C17H25BrFN. The number of nitrogens with one attached hydrogen (secondary N) is 1. The Morgan fingerprint density at radius 3 is 2.65 bits per heavy atom. The molecule has 20 heavy (non-hydrogen) atoms. The molecule has 0 radical (unpaired) electrons. The van der Waals surface area contributed by atoms with Gasteiger partial charge in [-0.3, -0.25) is 0 Å². The summed E-state index contributed by atoms with van der Waals surface area (Å²) < 4.78 is 14.1. The van der Waals surface area contributed by atoms with Crippen LogP contribution in [0.1, 0.15) is 51.5 Å². The van der Waals surface area contributed by atoms with Gasteiger partial charge in [0.25, 0.3) is 0 Å². The molecule has 1 aromatic carbocycles. The Morgan fingerprint density at radius 2 is 2.00 bits per heavy atom. The van der Waals surface area contributed by atoms with E-state index in [1.54, 1.807) is 6.07 Å². The van der Waals surface area contributed by atoms with Gasteiger partial charge in [0.2, 0.25) is 0 Å². The first-order valence-electron chi connectivity index (χ1n) is 7.66. The molecule has 1 fully saturated rings. The minimum Gasteiger partial charge on any atom is -0.312 e. The van der Waals surface area contributed by atoms with E-state index in [0.29, 0.717) is 9.89 Å². The first-order valence-corrected chi connectivity index (χ1v) is 8.45. The van der Waals surface area contributed by atoms with Crippen LogP contribution in [0.15, 0.2) is 22.7 Å². The van der Waals surface area contributed by atoms with Crippen molar-refractivity contribution >= 4 is 15.9 Å². The average Bonchev–Trinajstić information content (AvgIpc) is 2.82. The lowest BCUT2D eigenvalue weighted by atomic mass is 9.78. The Morgan fingerprint density at radius 1 is 1.30 bits per heavy atom. The summed E-state index contributed by atoms with van der Waals surface area (Å²) in [6, 6.07) is 5.24. The number of benzene rings is 1. The van der Waals surface area contributed by atoms with Crippen molar-refractivity contribution in [1.82, 2.24) is 5.32 Å². The molecule has 1 aliphatic rings. The van der Waals surface area contributed by atoms with E-state index in [2.05, 4.69) is 35.1 Å². The van der Waals surface area contributed by atoms with Crippen LogP contribution in [0.4, 0.5) is 4.39 Å². The molecule has 1 aromatic rings. The van der Waals surface area contributed by atoms with Gasteiger partial charge in [0.1, 0.15) is 5.82 Å². The van der Waals surface area contributed by atoms with E-state index in [-0.39, 0.29) is 5.82 Å². The predicted octanol–water partition coefficient (Wildman–Crippen LogP) is 5.28. The maximum atomic E-state index is 13.5. The summed E-state index contributed by atoms with van der Waals surface area (Å²) in [5.74, 6) is 0.567. The molecule has 0 atom stereocenters. The third-order valence-corrected chi connectivity index (χ3v) is 5.24. The zero-order valence-electron chi connectivity index (χ0n) is 12.5. The van der Waals surface area contributed by atoms with Crippen LogP contribution in [0.3, 0.4) is 0 Å². The second-order valence-corrected chi connectivity index (χ2v) is 7.41. The van der Waals surface area contributed by atoms with Crippen LogP contribution in [0.2, 0.25) is 0 Å². The molecule has 1 aliphatic carbocycles. The lowest BCUT2D eigenvalue weighted by Gasteiger charge is -2.31. The molecule has 2 rings (SSSR count). The fourth-order valence-electron chi connectivity index (χ4n) is 3.59. The largest absolute Gasteiger partial charge is 0.312 e. The quantitative estimate of drug-likeness (QED) is 0.741. The Labute approximate surface area is 130 Å². The summed E-state index contributed by atoms with van der Waals surface area (Å²) in [7, 11) is 0. The molecule has 0 saturated heterocycles. The lowest BCUT2D eigenvalue weighted by Crippen LogP contribution is -2.33. The van der Waals surface area contributed by atoms with Gasteiger partial charge in [0.15, 0.2) is 0 Å². The van der Waals surface area contributed by atoms with Crippen molar-refractivity contribution in [3.8, 4) is 0 Å². The third-order valence-electron chi connectivity index (χ3n) is 4.35. The van der Waals surface area contributed by atoms with E-state index in [1.165, 1.54) is 38.2 Å². The summed E-state index contributed by atoms with van der Waals surface area (Å²) in [6.07, 6.45) is 6.69. The van der Waals surface area contributed by atoms with E-state index in [4.69, 9.17) is 0 Å². The summed E-state index contributed by atoms with van der Waals surface area (Å²) >= 11 is 3.33. The van der Waals surface area contributed by atoms with Crippen LogP contribution in [0.25, 0.3) is 0 Å². The van der Waals surface area contributed by atoms with E-state index in [9.17, 15) is 4.39 Å². The van der Waals surface area contributed by atoms with Crippen LogP contribution in [-0.2, 0) is 6.54 Å². The van der Waals surface area contributed by atoms with Gasteiger partial charge >= 0.3 is 0 Å². The average molecular weight is 342 g/mol. The second kappa shape index (κ2) is 7.04. The van der Waals surface area contributed by atoms with Crippen LogP contribution >= 0.6 is 15.9 Å². The molecule has 112 valence electrons. The van der Waals surface area contributed by atoms with Gasteiger partial charge in [0.05, 0.1) is 4.47 Å². The van der Waals surface area contributed by atoms with Crippen molar-refractivity contribution in [3.05, 3.63) is 34.1 Å². The SMILES string of the molecule is CC(C)CC1(CNCc2cccc(F)c2Br)CCCC1. The first-order chi connectivity index (χ1) is 9.52. The number of halogens is 2. The Balaban J connectivity index is 1.92. The molecule has 1 N–H and O–H groups in total. The van der Waals surface area contributed by atoms with Crippen molar-refractivity contribution in [1.29, 1.82) is 0 Å². The standard InChI is InChI=1S/C17H25BrFN/c1-13(2)10-17(8-3-4-9-17)12-20-11-14-6-5-7-15(19)16(14)18/h5-7,13,20H,3-4,8-12H2,1-2H3. The first kappa shape index (κ1) is 16.0. The maximum Gasteiger partial charge on any atom is 0.137 e. The van der Waals surface area contributed by atoms with Gasteiger partial charge in [-0.2, -0.15) is 0 Å². The molecule has 0 spiro atoms. The highest BCUT2D eigenvalue weighted by Crippen LogP contribution is 2.42. The summed E-state index contributed by atoms with van der Waals surface area (Å²) in [5, 5.41) is 3.56. The Bertz CT molecular complexity index is 439. The number of rotatable bonds is 6. The summed E-state index contributed by atoms with van der Waals surface area (Å²) in [6.45, 7) is 6.40. The Kier molecular flexibility index (Phi) is 5.62. The van der Waals surface area contributed by atoms with Crippen LogP contribution < -0.4 is 5.32 Å². The van der Waals surface area contributed by atoms with Gasteiger partial charge < -0.3 is 5.32 Å². The zero-order chi connectivity index (χ0) is 14.6. The van der Waals surface area contributed by atoms with Gasteiger partial charge in [-0.15, -0.1) is 0 Å². The minimum atomic E-state index is -0.179. The number of hydrogen-bond donors (Lipinski definition) is 1. The molecule has 3 heteroatoms. The fourth-order valence-corrected chi connectivity index (χ4v) is 4.00. The highest BCUT2D eigenvalue weighted by Gasteiger charge is 2.33. The van der Waals surface area contributed by atoms with E-state index in [1.807, 2.05) is 6.07 Å². The minimum absolute atomic E-state index is 0.179. The third kappa shape index (κ3) is 4.05. The molecule has 1 nitrogen and oxygen atoms in total. The summed E-state index contributed by atoms with van der Waals surface area (Å²) in [4.78, 5) is 0. The van der Waals surface area contributed by atoms with Crippen LogP contribution in [0.5, 0.6) is 0 Å². The van der Waals surface area contributed by atoms with Crippen LogP contribution in [0, 0.1) is 17.2 Å². The highest BCUT2D eigenvalue weighted by molar-refractivity contribution is 9.10. The molecule has 1 saturated carbocycles. The van der Waals surface area contributed by atoms with Crippen molar-refractivity contribution in [3.63, 3.8) is 0 Å². The van der Waals surface area contributed by atoms with Gasteiger partial charge in [-0.05, 0) is 58.2 Å². The lowest BCUT2D eigenvalue weighted by molar-refractivity contribution is 0.223. The Hall–Kier alpha value is -0.410. The maximum absolute atomic E-state index is 13.5. The van der Waals surface area contributed by atoms with Crippen LogP contribution in [-0.4, -0.2) is 6.54 Å². The summed E-state index contributed by atoms with van der Waals surface area (Å²) in [5.41, 5.74) is 1.47. The van der Waals surface area contributed by atoms with Gasteiger partial charge in [-0.1, -0.05) is 38.8 Å². The predicted molar refractivity (Wildman–Crippen MR) is 86.2 cm³/mol. The van der Waals surface area contributed by atoms with E-state index >= 15 is 0 Å². The van der Waals surface area contributed by atoms with E-state index < -0.39 is 0 Å². The molecule has 0 heterocycles. The molecule has 0 bridgehead atoms. The second-order valence-electron chi connectivity index (χ2n) is 6.62. The van der Waals surface area contributed by atoms with Crippen molar-refractivity contribution in [2.75, 3.05) is 6.54 Å². The normalized spacial score (nSPS) is 17.9. The van der Waals surface area contributed by atoms with Gasteiger partial charge in [0, 0.05) is 13.1 Å². The molecule has 0 aromatic heterocycles. The molecule has 0 aliphatic heterocycles. The van der Waals surface area contributed by atoms with Gasteiger partial charge in [-0.25, -0.2) is 4.39 Å². The highest BCUT2D eigenvalue weighted by atomic mass is 79.9. The van der Waals surface area contributed by atoms with E-state index in [0.717, 1.165) is 24.6 Å². The topological polar surface area (TPSA) is 12.0 Å².